The number of carboxylic acids is 6. The second kappa shape index (κ2) is 29.0. The van der Waals surface area contributed by atoms with Gasteiger partial charge < -0.3 is 73.0 Å². The Kier molecular flexibility index (Phi) is 25.1. The number of rotatable bonds is 31. The van der Waals surface area contributed by atoms with Crippen LogP contribution in [0.25, 0.3) is 0 Å². The molecule has 0 aliphatic carbocycles. The van der Waals surface area contributed by atoms with Gasteiger partial charge in [0.15, 0.2) is 5.11 Å². The number of ether oxygens (including phenoxy) is 1. The van der Waals surface area contributed by atoms with Gasteiger partial charge in [-0.15, -0.1) is 0 Å². The Morgan fingerprint density at radius 3 is 1.51 bits per heavy atom. The molecule has 5 amide bonds. The Bertz CT molecular complexity index is 1830. The molecule has 1 aromatic rings. The molecular weight excluding hydrogens is 903 g/mol. The second-order valence-corrected chi connectivity index (χ2v) is 16.0. The normalized spacial score (nSPS) is 13.5. The highest BCUT2D eigenvalue weighted by Crippen LogP contribution is 2.22. The van der Waals surface area contributed by atoms with E-state index in [1.54, 1.807) is 30.3 Å². The van der Waals surface area contributed by atoms with Crippen LogP contribution in [0.5, 0.6) is 0 Å². The van der Waals surface area contributed by atoms with E-state index in [2.05, 4.69) is 36.6 Å². The number of carbonyl (C=O) groups excluding carboxylic acids is 5. The van der Waals surface area contributed by atoms with E-state index < -0.39 is 152 Å². The van der Waals surface area contributed by atoms with E-state index in [-0.39, 0.29) is 24.5 Å². The molecule has 63 heavy (non-hydrogen) atoms. The molecule has 0 aliphatic rings. The first-order valence-electron chi connectivity index (χ1n) is 18.4. The quantitative estimate of drug-likeness (QED) is 0.0219. The predicted octanol–water partition coefficient (Wildman–Crippen LogP) is -1.92. The van der Waals surface area contributed by atoms with Crippen molar-refractivity contribution in [1.82, 2.24) is 31.9 Å². The summed E-state index contributed by atoms with van der Waals surface area (Å²) in [6.45, 7) is -0.0555. The van der Waals surface area contributed by atoms with Crippen LogP contribution < -0.4 is 37.6 Å². The van der Waals surface area contributed by atoms with Gasteiger partial charge >= 0.3 is 41.9 Å². The molecule has 0 spiro atoms. The van der Waals surface area contributed by atoms with E-state index in [0.29, 0.717) is 5.56 Å². The number of aliphatic carboxylic acids is 6. The molecule has 1 aromatic carbocycles. The third kappa shape index (κ3) is 24.0. The first-order valence-corrected chi connectivity index (χ1v) is 21.3. The van der Waals surface area contributed by atoms with Crippen molar-refractivity contribution in [2.45, 2.75) is 87.6 Å². The summed E-state index contributed by atoms with van der Waals surface area (Å²) in [6.07, 6.45) is -5.62. The highest BCUT2D eigenvalue weighted by Gasteiger charge is 2.32. The number of thiocarbonyl (C=S) groups is 1. The van der Waals surface area contributed by atoms with Gasteiger partial charge in [0.05, 0.1) is 6.42 Å². The van der Waals surface area contributed by atoms with Crippen molar-refractivity contribution in [2.75, 3.05) is 18.1 Å². The Balaban J connectivity index is 2.97. The van der Waals surface area contributed by atoms with Gasteiger partial charge in [-0.05, 0) is 37.0 Å². The molecule has 28 heteroatoms. The first-order chi connectivity index (χ1) is 29.6. The molecule has 0 radical (unpaired) electrons. The number of hydrogen-bond donors (Lipinski definition) is 13. The maximum absolute atomic E-state index is 13.4. The number of primary amides is 1. The van der Waals surface area contributed by atoms with E-state index in [0.717, 1.165) is 21.6 Å². The summed E-state index contributed by atoms with van der Waals surface area (Å²) >= 11 is 4.92. The minimum Gasteiger partial charge on any atom is -0.481 e. The lowest BCUT2D eigenvalue weighted by molar-refractivity contribution is -0.143. The molecule has 0 saturated carbocycles. The largest absolute Gasteiger partial charge is 0.481 e. The summed E-state index contributed by atoms with van der Waals surface area (Å²) in [5, 5.41) is 69.5. The SMILES string of the molecule is NC(=O)OCCSSC[C@H](NC(=O)[C@H](Cc1ccccc1)NC(=O)[C@H](CC(=O)O)NC(=O)CC[C@H](NC(=O)CC[C@H](NC(=S)N[C@@H](CCC(=O)O)C(=O)O)C(=O)O)C(=O)O)C(=O)O. The Hall–Kier alpha value is -6.42. The average Bonchev–Trinajstić information content (AvgIpc) is 3.19. The summed E-state index contributed by atoms with van der Waals surface area (Å²) in [7, 11) is 2.14. The van der Waals surface area contributed by atoms with E-state index in [1.165, 1.54) is 0 Å². The van der Waals surface area contributed by atoms with E-state index >= 15 is 0 Å². The van der Waals surface area contributed by atoms with Crippen LogP contribution in [0.3, 0.4) is 0 Å². The van der Waals surface area contributed by atoms with Crippen molar-refractivity contribution in [1.29, 1.82) is 0 Å². The van der Waals surface area contributed by atoms with Crippen molar-refractivity contribution >= 4 is 104 Å². The summed E-state index contributed by atoms with van der Waals surface area (Å²) in [6, 6.07) is -1.56. The molecule has 0 heterocycles. The van der Waals surface area contributed by atoms with Crippen molar-refractivity contribution in [3.05, 3.63) is 35.9 Å². The van der Waals surface area contributed by atoms with Crippen LogP contribution in [0.4, 0.5) is 4.79 Å². The van der Waals surface area contributed by atoms with Gasteiger partial charge in [0.2, 0.25) is 23.6 Å². The van der Waals surface area contributed by atoms with Gasteiger partial charge in [0.25, 0.3) is 0 Å². The van der Waals surface area contributed by atoms with E-state index in [4.69, 9.17) is 23.1 Å². The number of carbonyl (C=O) groups is 11. The lowest BCUT2D eigenvalue weighted by atomic mass is 10.0. The van der Waals surface area contributed by atoms with Gasteiger partial charge in [-0.25, -0.2) is 24.0 Å². The Morgan fingerprint density at radius 2 is 1.03 bits per heavy atom. The summed E-state index contributed by atoms with van der Waals surface area (Å²) in [5.74, 6) is -13.1. The third-order valence-corrected chi connectivity index (χ3v) is 10.7. The molecule has 25 nitrogen and oxygen atoms in total. The summed E-state index contributed by atoms with van der Waals surface area (Å²) < 4.78 is 4.58. The number of nitrogens with one attached hydrogen (secondary N) is 6. The molecule has 0 bridgehead atoms. The lowest BCUT2D eigenvalue weighted by Crippen LogP contribution is -2.57. The zero-order chi connectivity index (χ0) is 47.6. The van der Waals surface area contributed by atoms with Crippen molar-refractivity contribution in [3.63, 3.8) is 0 Å². The van der Waals surface area contributed by atoms with E-state index in [1.807, 2.05) is 0 Å². The predicted molar refractivity (Wildman–Crippen MR) is 223 cm³/mol. The monoisotopic (exact) mass is 949 g/mol. The van der Waals surface area contributed by atoms with Crippen LogP contribution in [0, 0.1) is 0 Å². The molecule has 0 aliphatic heterocycles. The molecule has 0 fully saturated rings. The minimum absolute atomic E-state index is 0.0555. The van der Waals surface area contributed by atoms with Gasteiger partial charge in [-0.1, -0.05) is 51.9 Å². The molecule has 14 N–H and O–H groups in total. The third-order valence-electron chi connectivity index (χ3n) is 8.10. The maximum Gasteiger partial charge on any atom is 0.404 e. The number of benzene rings is 1. The minimum atomic E-state index is -1.84. The van der Waals surface area contributed by atoms with Crippen molar-refractivity contribution in [2.24, 2.45) is 5.73 Å². The van der Waals surface area contributed by atoms with Crippen molar-refractivity contribution < 1.29 is 88.1 Å². The van der Waals surface area contributed by atoms with Gasteiger partial charge in [-0.2, -0.15) is 0 Å². The Labute approximate surface area is 370 Å². The molecular formula is C35H47N7O18S3. The van der Waals surface area contributed by atoms with Crippen LogP contribution >= 0.6 is 33.8 Å². The molecule has 1 rings (SSSR count). The van der Waals surface area contributed by atoms with Crippen LogP contribution in [-0.2, 0) is 59.1 Å². The summed E-state index contributed by atoms with van der Waals surface area (Å²) in [5.41, 5.74) is 5.38. The van der Waals surface area contributed by atoms with Gasteiger partial charge in [0.1, 0.15) is 42.9 Å². The second-order valence-electron chi connectivity index (χ2n) is 13.0. The Morgan fingerprint density at radius 1 is 0.571 bits per heavy atom. The fourth-order valence-corrected chi connectivity index (χ4v) is 7.26. The highest BCUT2D eigenvalue weighted by atomic mass is 33.1. The summed E-state index contributed by atoms with van der Waals surface area (Å²) in [4.78, 5) is 133. The lowest BCUT2D eigenvalue weighted by Gasteiger charge is -2.24. The number of nitrogens with two attached hydrogens (primary N) is 1. The zero-order valence-electron chi connectivity index (χ0n) is 33.0. The fourth-order valence-electron chi connectivity index (χ4n) is 5.00. The first kappa shape index (κ1) is 54.6. The van der Waals surface area contributed by atoms with Gasteiger partial charge in [-0.3, -0.25) is 28.8 Å². The average molecular weight is 950 g/mol. The smallest absolute Gasteiger partial charge is 0.404 e. The van der Waals surface area contributed by atoms with Crippen LogP contribution in [0.2, 0.25) is 0 Å². The number of hydrogen-bond acceptors (Lipinski definition) is 15. The number of carboxylic acid groups (broad SMARTS) is 6. The van der Waals surface area contributed by atoms with Crippen LogP contribution in [0.1, 0.15) is 50.5 Å². The molecule has 0 aromatic heterocycles. The topological polar surface area (TPSA) is 417 Å². The number of amides is 5. The molecule has 0 unspecified atom stereocenters. The highest BCUT2D eigenvalue weighted by molar-refractivity contribution is 8.76. The molecule has 6 atom stereocenters. The van der Waals surface area contributed by atoms with Crippen LogP contribution in [0.15, 0.2) is 30.3 Å². The zero-order valence-corrected chi connectivity index (χ0v) is 35.5. The van der Waals surface area contributed by atoms with Crippen LogP contribution in [-0.4, -0.2) is 156 Å². The van der Waals surface area contributed by atoms with E-state index in [9.17, 15) is 78.3 Å². The molecule has 0 saturated heterocycles. The van der Waals surface area contributed by atoms with Gasteiger partial charge in [0, 0.05) is 37.2 Å². The molecule has 348 valence electrons. The standard InChI is InChI=1S/C35H47N7O18S3/c36-34(59)60-12-13-62-63-16-23(33(57)58)40-28(49)21(14-17-4-2-1-3-5-17)39-29(50)22(15-27(47)48)38-25(44)9-6-18(30(51)52)37-24(43)10-7-19(31(53)54)41-35(61)42-20(32(55)56)8-11-26(45)46/h1-5,18-23H,6-16H2,(H2,36,59)(H,37,43)(H,38,44)(H,39,50)(H,40,49)(H,45,46)(H,47,48)(H,51,52)(H,53,54)(H,55,56)(H,57,58)(H2,41,42,61)/t18-,19-,20-,21-,22-,23-/m0/s1. The maximum atomic E-state index is 13.4. The fraction of sp³-hybridized carbons (Fsp3) is 0.486. The van der Waals surface area contributed by atoms with Crippen molar-refractivity contribution in [3.8, 4) is 0 Å².